The number of nitrogens with one attached hydrogen (secondary N) is 1. The fourth-order valence-corrected chi connectivity index (χ4v) is 2.92. The van der Waals surface area contributed by atoms with Crippen LogP contribution >= 0.6 is 11.6 Å². The number of carbonyl (C=O) groups is 1. The number of nitrogens with zero attached hydrogens (tertiary/aromatic N) is 2. The second-order valence-electron chi connectivity index (χ2n) is 6.53. The molecule has 0 saturated heterocycles. The molecule has 1 atom stereocenters. The molecule has 31 heavy (non-hydrogen) atoms. The zero-order chi connectivity index (χ0) is 22.1. The van der Waals surface area contributed by atoms with Crippen LogP contribution in [-0.4, -0.2) is 19.2 Å². The van der Waals surface area contributed by atoms with Crippen molar-refractivity contribution in [3.8, 4) is 17.6 Å². The van der Waals surface area contributed by atoms with E-state index in [-0.39, 0.29) is 0 Å². The van der Waals surface area contributed by atoms with Gasteiger partial charge in [0.05, 0.1) is 19.4 Å². The summed E-state index contributed by atoms with van der Waals surface area (Å²) in [5, 5.41) is 13.9. The number of hydrazone groups is 1. The largest absolute Gasteiger partial charge is 0.493 e. The first-order valence-electron chi connectivity index (χ1n) is 9.43. The molecule has 0 fully saturated rings. The maximum atomic E-state index is 12.3. The van der Waals surface area contributed by atoms with Crippen LogP contribution in [0.5, 0.6) is 11.5 Å². The zero-order valence-electron chi connectivity index (χ0n) is 16.8. The monoisotopic (exact) mass is 433 g/mol. The van der Waals surface area contributed by atoms with Crippen molar-refractivity contribution in [3.05, 3.63) is 94.5 Å². The van der Waals surface area contributed by atoms with Gasteiger partial charge in [0.1, 0.15) is 6.61 Å². The van der Waals surface area contributed by atoms with Crippen LogP contribution in [0.25, 0.3) is 0 Å². The van der Waals surface area contributed by atoms with Gasteiger partial charge in [-0.3, -0.25) is 4.79 Å². The van der Waals surface area contributed by atoms with Gasteiger partial charge in [-0.15, -0.1) is 0 Å². The number of benzene rings is 3. The van der Waals surface area contributed by atoms with Crippen molar-refractivity contribution in [2.75, 3.05) is 7.11 Å². The molecule has 6 nitrogen and oxygen atoms in total. The van der Waals surface area contributed by atoms with Gasteiger partial charge in [0, 0.05) is 5.02 Å². The SMILES string of the molecule is COc1cc(/C=N\NC(=O)[C@@H](C#N)c2ccccc2)ccc1OCc1ccc(Cl)cc1. The third-order valence-corrected chi connectivity index (χ3v) is 4.66. The number of hydrogen-bond acceptors (Lipinski definition) is 5. The van der Waals surface area contributed by atoms with Gasteiger partial charge in [0.25, 0.3) is 5.91 Å². The van der Waals surface area contributed by atoms with Gasteiger partial charge in [-0.1, -0.05) is 54.1 Å². The molecule has 3 aromatic rings. The quantitative estimate of drug-likeness (QED) is 0.412. The highest BCUT2D eigenvalue weighted by molar-refractivity contribution is 6.30. The molecule has 0 aliphatic heterocycles. The second-order valence-corrected chi connectivity index (χ2v) is 6.97. The van der Waals surface area contributed by atoms with E-state index in [4.69, 9.17) is 21.1 Å². The molecule has 0 saturated carbocycles. The van der Waals surface area contributed by atoms with Crippen LogP contribution in [0.15, 0.2) is 77.9 Å². The van der Waals surface area contributed by atoms with Crippen LogP contribution in [0, 0.1) is 11.3 Å². The van der Waals surface area contributed by atoms with E-state index in [0.717, 1.165) is 5.56 Å². The number of ether oxygens (including phenoxy) is 2. The van der Waals surface area contributed by atoms with Crippen LogP contribution in [0.1, 0.15) is 22.6 Å². The van der Waals surface area contributed by atoms with Gasteiger partial charge in [0.15, 0.2) is 17.4 Å². The highest BCUT2D eigenvalue weighted by atomic mass is 35.5. The Labute approximate surface area is 185 Å². The summed E-state index contributed by atoms with van der Waals surface area (Å²) in [4.78, 5) is 12.3. The van der Waals surface area contributed by atoms with Crippen LogP contribution in [0.4, 0.5) is 0 Å². The number of carbonyl (C=O) groups excluding carboxylic acids is 1. The summed E-state index contributed by atoms with van der Waals surface area (Å²) in [6, 6.07) is 23.5. The lowest BCUT2D eigenvalue weighted by molar-refractivity contribution is -0.121. The summed E-state index contributed by atoms with van der Waals surface area (Å²) in [7, 11) is 1.55. The Bertz CT molecular complexity index is 1090. The van der Waals surface area contributed by atoms with E-state index >= 15 is 0 Å². The molecule has 3 aromatic carbocycles. The first-order valence-corrected chi connectivity index (χ1v) is 9.81. The molecule has 0 radical (unpaired) electrons. The second kappa shape index (κ2) is 10.8. The van der Waals surface area contributed by atoms with E-state index in [1.807, 2.05) is 24.3 Å². The normalized spacial score (nSPS) is 11.5. The van der Waals surface area contributed by atoms with Crippen molar-refractivity contribution in [3.63, 3.8) is 0 Å². The van der Waals surface area contributed by atoms with Crippen molar-refractivity contribution in [2.45, 2.75) is 12.5 Å². The Morgan fingerprint density at radius 1 is 1.13 bits per heavy atom. The fourth-order valence-electron chi connectivity index (χ4n) is 2.79. The summed E-state index contributed by atoms with van der Waals surface area (Å²) in [6.45, 7) is 0.367. The molecule has 0 aromatic heterocycles. The van der Waals surface area contributed by atoms with Gasteiger partial charge in [0.2, 0.25) is 0 Å². The molecule has 0 heterocycles. The van der Waals surface area contributed by atoms with Crippen molar-refractivity contribution < 1.29 is 14.3 Å². The number of methoxy groups -OCH3 is 1. The highest BCUT2D eigenvalue weighted by Gasteiger charge is 2.19. The van der Waals surface area contributed by atoms with E-state index in [1.54, 1.807) is 61.7 Å². The summed E-state index contributed by atoms with van der Waals surface area (Å²) >= 11 is 5.90. The van der Waals surface area contributed by atoms with Gasteiger partial charge in [-0.05, 0) is 47.0 Å². The minimum absolute atomic E-state index is 0.367. The Balaban J connectivity index is 1.62. The Morgan fingerprint density at radius 2 is 1.87 bits per heavy atom. The zero-order valence-corrected chi connectivity index (χ0v) is 17.5. The fraction of sp³-hybridized carbons (Fsp3) is 0.125. The van der Waals surface area contributed by atoms with Gasteiger partial charge in [-0.2, -0.15) is 10.4 Å². The lowest BCUT2D eigenvalue weighted by Gasteiger charge is -2.11. The predicted molar refractivity (Wildman–Crippen MR) is 119 cm³/mol. The van der Waals surface area contributed by atoms with Crippen molar-refractivity contribution in [1.29, 1.82) is 5.26 Å². The molecule has 0 bridgehead atoms. The molecule has 156 valence electrons. The van der Waals surface area contributed by atoms with Crippen LogP contribution in [0.2, 0.25) is 5.02 Å². The Hall–Kier alpha value is -3.82. The standard InChI is InChI=1S/C24H20ClN3O3/c1-30-23-13-18(9-12-22(23)31-16-17-7-10-20(25)11-8-17)15-27-28-24(29)21(14-26)19-5-3-2-4-6-19/h2-13,15,21H,16H2,1H3,(H,28,29)/b27-15-/t21-/m0/s1. The van der Waals surface area contributed by atoms with E-state index < -0.39 is 11.8 Å². The first-order chi connectivity index (χ1) is 15.1. The van der Waals surface area contributed by atoms with Crippen LogP contribution in [0.3, 0.4) is 0 Å². The molecule has 0 aliphatic rings. The van der Waals surface area contributed by atoms with Gasteiger partial charge < -0.3 is 9.47 Å². The number of hydrogen-bond donors (Lipinski definition) is 1. The summed E-state index contributed by atoms with van der Waals surface area (Å²) in [5.74, 6) is -0.327. The maximum absolute atomic E-state index is 12.3. The predicted octanol–water partition coefficient (Wildman–Crippen LogP) is 4.69. The van der Waals surface area contributed by atoms with E-state index in [0.29, 0.717) is 34.3 Å². The minimum atomic E-state index is -0.934. The molecule has 1 amide bonds. The lowest BCUT2D eigenvalue weighted by atomic mass is 10.0. The third kappa shape index (κ3) is 6.08. The smallest absolute Gasteiger partial charge is 0.261 e. The molecule has 0 aliphatic carbocycles. The topological polar surface area (TPSA) is 83.7 Å². The lowest BCUT2D eigenvalue weighted by Crippen LogP contribution is -2.24. The molecular weight excluding hydrogens is 414 g/mol. The number of halogens is 1. The van der Waals surface area contributed by atoms with Crippen LogP contribution in [-0.2, 0) is 11.4 Å². The van der Waals surface area contributed by atoms with E-state index in [9.17, 15) is 10.1 Å². The third-order valence-electron chi connectivity index (χ3n) is 4.41. The van der Waals surface area contributed by atoms with Crippen molar-refractivity contribution >= 4 is 23.7 Å². The highest BCUT2D eigenvalue weighted by Crippen LogP contribution is 2.28. The van der Waals surface area contributed by atoms with Crippen molar-refractivity contribution in [2.24, 2.45) is 5.10 Å². The molecule has 1 N–H and O–H groups in total. The summed E-state index contributed by atoms with van der Waals surface area (Å²) in [5.41, 5.74) is 4.70. The van der Waals surface area contributed by atoms with E-state index in [1.165, 1.54) is 6.21 Å². The number of rotatable bonds is 8. The Morgan fingerprint density at radius 3 is 2.55 bits per heavy atom. The van der Waals surface area contributed by atoms with Gasteiger partial charge in [-0.25, -0.2) is 5.43 Å². The first kappa shape index (κ1) is 21.9. The minimum Gasteiger partial charge on any atom is -0.493 e. The Kier molecular flexibility index (Phi) is 7.63. The molecular formula is C24H20ClN3O3. The van der Waals surface area contributed by atoms with Crippen LogP contribution < -0.4 is 14.9 Å². The molecule has 3 rings (SSSR count). The number of amides is 1. The summed E-state index contributed by atoms with van der Waals surface area (Å²) < 4.78 is 11.2. The maximum Gasteiger partial charge on any atom is 0.261 e. The summed E-state index contributed by atoms with van der Waals surface area (Å²) in [6.07, 6.45) is 1.48. The molecule has 0 unspecified atom stereocenters. The average molecular weight is 434 g/mol. The number of nitriles is 1. The molecule has 7 heteroatoms. The average Bonchev–Trinajstić information content (AvgIpc) is 2.80. The van der Waals surface area contributed by atoms with Crippen molar-refractivity contribution in [1.82, 2.24) is 5.43 Å². The van der Waals surface area contributed by atoms with E-state index in [2.05, 4.69) is 10.5 Å². The molecule has 0 spiro atoms. The van der Waals surface area contributed by atoms with Gasteiger partial charge >= 0.3 is 0 Å².